The number of carbonyl (C=O) groups excluding carboxylic acids is 1. The second-order valence-corrected chi connectivity index (χ2v) is 7.38. The van der Waals surface area contributed by atoms with E-state index in [0.29, 0.717) is 0 Å². The molecule has 1 aliphatic heterocycles. The molecule has 1 amide bonds. The highest BCUT2D eigenvalue weighted by Gasteiger charge is 2.20. The largest absolute Gasteiger partial charge is 0.364 e. The zero-order chi connectivity index (χ0) is 20.6. The molecule has 156 valence electrons. The number of hydrogen-bond donors (Lipinski definition) is 1. The van der Waals surface area contributed by atoms with E-state index in [1.54, 1.807) is 25.3 Å². The van der Waals surface area contributed by atoms with Gasteiger partial charge in [-0.1, -0.05) is 17.3 Å². The monoisotopic (exact) mass is 398 g/mol. The zero-order valence-corrected chi connectivity index (χ0v) is 17.5. The smallest absolute Gasteiger partial charge is 0.253 e. The van der Waals surface area contributed by atoms with Crippen molar-refractivity contribution in [1.29, 1.82) is 0 Å². The number of amides is 1. The average molecular weight is 399 g/mol. The Hall–Kier alpha value is -2.87. The van der Waals surface area contributed by atoms with Crippen molar-refractivity contribution in [3.63, 3.8) is 0 Å². The normalized spacial score (nSPS) is 15.4. The molecule has 8 heteroatoms. The highest BCUT2D eigenvalue weighted by Crippen LogP contribution is 2.09. The first-order chi connectivity index (χ1) is 14.1. The molecule has 2 aromatic rings. The lowest BCUT2D eigenvalue weighted by atomic mass is 10.1. The van der Waals surface area contributed by atoms with Gasteiger partial charge in [0.1, 0.15) is 6.26 Å². The average Bonchev–Trinajstić information content (AvgIpc) is 3.24. The Balaban J connectivity index is 1.45. The van der Waals surface area contributed by atoms with Gasteiger partial charge in [0, 0.05) is 72.0 Å². The van der Waals surface area contributed by atoms with Crippen molar-refractivity contribution in [2.75, 3.05) is 53.9 Å². The first-order valence-electron chi connectivity index (χ1n) is 9.94. The Bertz CT molecular complexity index is 810. The van der Waals surface area contributed by atoms with Gasteiger partial charge in [-0.05, 0) is 24.1 Å². The van der Waals surface area contributed by atoms with Crippen LogP contribution in [0.4, 0.5) is 0 Å². The predicted octanol–water partition coefficient (Wildman–Crippen LogP) is 1.31. The topological polar surface area (TPSA) is 77.2 Å². The Morgan fingerprint density at radius 1 is 1.24 bits per heavy atom. The summed E-state index contributed by atoms with van der Waals surface area (Å²) in [6.07, 6.45) is 2.45. The molecule has 0 spiro atoms. The number of nitrogens with one attached hydrogen (secondary N) is 1. The summed E-state index contributed by atoms with van der Waals surface area (Å²) >= 11 is 0. The van der Waals surface area contributed by atoms with E-state index in [9.17, 15) is 4.79 Å². The molecular weight excluding hydrogens is 368 g/mol. The van der Waals surface area contributed by atoms with Crippen LogP contribution in [0.2, 0.25) is 0 Å². The summed E-state index contributed by atoms with van der Waals surface area (Å²) in [7, 11) is 5.36. The molecule has 0 aliphatic carbocycles. The van der Waals surface area contributed by atoms with Gasteiger partial charge in [0.25, 0.3) is 5.91 Å². The maximum Gasteiger partial charge on any atom is 0.253 e. The van der Waals surface area contributed by atoms with Crippen LogP contribution < -0.4 is 5.32 Å². The fraction of sp³-hybridized carbons (Fsp3) is 0.476. The second-order valence-electron chi connectivity index (χ2n) is 7.38. The van der Waals surface area contributed by atoms with Crippen molar-refractivity contribution in [3.05, 3.63) is 53.4 Å². The van der Waals surface area contributed by atoms with E-state index in [1.165, 1.54) is 0 Å². The minimum absolute atomic E-state index is 0.0270. The molecule has 3 rings (SSSR count). The van der Waals surface area contributed by atoms with Crippen LogP contribution in [-0.4, -0.2) is 85.6 Å². The molecule has 0 saturated carbocycles. The van der Waals surface area contributed by atoms with E-state index in [2.05, 4.69) is 31.3 Å². The van der Waals surface area contributed by atoms with Crippen LogP contribution in [0.5, 0.6) is 0 Å². The van der Waals surface area contributed by atoms with E-state index in [4.69, 9.17) is 4.52 Å². The van der Waals surface area contributed by atoms with E-state index >= 15 is 0 Å². The lowest BCUT2D eigenvalue weighted by Gasteiger charge is -2.36. The number of aromatic nitrogens is 1. The van der Waals surface area contributed by atoms with Gasteiger partial charge in [0.2, 0.25) is 0 Å². The van der Waals surface area contributed by atoms with Gasteiger partial charge in [-0.3, -0.25) is 14.7 Å². The molecule has 2 heterocycles. The molecule has 8 nitrogen and oxygen atoms in total. The molecule has 29 heavy (non-hydrogen) atoms. The minimum Gasteiger partial charge on any atom is -0.364 e. The Kier molecular flexibility index (Phi) is 7.24. The van der Waals surface area contributed by atoms with Crippen molar-refractivity contribution in [1.82, 2.24) is 25.2 Å². The van der Waals surface area contributed by atoms with E-state index in [1.807, 2.05) is 31.3 Å². The third-order valence-corrected chi connectivity index (χ3v) is 5.04. The molecule has 0 bridgehead atoms. The third kappa shape index (κ3) is 5.80. The molecule has 0 atom stereocenters. The molecule has 1 fully saturated rings. The van der Waals surface area contributed by atoms with Crippen molar-refractivity contribution in [2.45, 2.75) is 13.0 Å². The van der Waals surface area contributed by atoms with Gasteiger partial charge in [-0.15, -0.1) is 0 Å². The van der Waals surface area contributed by atoms with Crippen LogP contribution in [0.25, 0.3) is 0 Å². The maximum absolute atomic E-state index is 12.1. The maximum atomic E-state index is 12.1. The van der Waals surface area contributed by atoms with Gasteiger partial charge in [-0.2, -0.15) is 0 Å². The molecule has 1 aromatic carbocycles. The molecule has 1 aromatic heterocycles. The molecule has 1 N–H and O–H groups in total. The molecule has 0 radical (unpaired) electrons. The summed E-state index contributed by atoms with van der Waals surface area (Å²) in [4.78, 5) is 22.8. The van der Waals surface area contributed by atoms with Crippen LogP contribution in [0.15, 0.2) is 46.1 Å². The van der Waals surface area contributed by atoms with Gasteiger partial charge < -0.3 is 19.6 Å². The predicted molar refractivity (Wildman–Crippen MR) is 113 cm³/mol. The summed E-state index contributed by atoms with van der Waals surface area (Å²) < 4.78 is 4.91. The van der Waals surface area contributed by atoms with Crippen LogP contribution in [0, 0.1) is 0 Å². The number of guanidine groups is 1. The number of rotatable bonds is 6. The summed E-state index contributed by atoms with van der Waals surface area (Å²) in [5.74, 6) is 0.950. The first-order valence-corrected chi connectivity index (χ1v) is 9.94. The fourth-order valence-corrected chi connectivity index (χ4v) is 3.43. The Morgan fingerprint density at radius 2 is 2.03 bits per heavy atom. The van der Waals surface area contributed by atoms with Crippen molar-refractivity contribution in [2.24, 2.45) is 4.99 Å². The van der Waals surface area contributed by atoms with Crippen LogP contribution >= 0.6 is 0 Å². The zero-order valence-electron chi connectivity index (χ0n) is 17.5. The van der Waals surface area contributed by atoms with Gasteiger partial charge in [-0.25, -0.2) is 0 Å². The standard InChI is InChI=1S/C21H30N6O2/c1-22-21(27-12-10-26(11-13-27)16-19-8-14-29-24-19)23-9-7-17-5-4-6-18(15-17)20(28)25(2)3/h4-6,8,14-15H,7,9-13,16H2,1-3H3,(H,22,23). The van der Waals surface area contributed by atoms with Crippen LogP contribution in [0.1, 0.15) is 21.6 Å². The number of aliphatic imine (C=N–C) groups is 1. The summed E-state index contributed by atoms with van der Waals surface area (Å²) in [6, 6.07) is 9.73. The minimum atomic E-state index is 0.0270. The quantitative estimate of drug-likeness (QED) is 0.584. The lowest BCUT2D eigenvalue weighted by molar-refractivity contribution is 0.0827. The van der Waals surface area contributed by atoms with E-state index < -0.39 is 0 Å². The second kappa shape index (κ2) is 10.1. The van der Waals surface area contributed by atoms with Crippen LogP contribution in [-0.2, 0) is 13.0 Å². The van der Waals surface area contributed by atoms with E-state index in [-0.39, 0.29) is 5.91 Å². The number of piperazine rings is 1. The van der Waals surface area contributed by atoms with Crippen molar-refractivity contribution in [3.8, 4) is 0 Å². The van der Waals surface area contributed by atoms with E-state index in [0.717, 1.165) is 68.5 Å². The Labute approximate surface area is 172 Å². The SMILES string of the molecule is CN=C(NCCc1cccc(C(=O)N(C)C)c1)N1CCN(Cc2ccon2)CC1. The molecule has 1 saturated heterocycles. The number of carbonyl (C=O) groups is 1. The fourth-order valence-electron chi connectivity index (χ4n) is 3.43. The Morgan fingerprint density at radius 3 is 2.69 bits per heavy atom. The van der Waals surface area contributed by atoms with Gasteiger partial charge in [0.15, 0.2) is 5.96 Å². The molecule has 0 unspecified atom stereocenters. The molecular formula is C21H30N6O2. The summed E-state index contributed by atoms with van der Waals surface area (Å²) in [5, 5.41) is 7.44. The van der Waals surface area contributed by atoms with Gasteiger partial charge in [0.05, 0.1) is 5.69 Å². The first kappa shape index (κ1) is 20.9. The lowest BCUT2D eigenvalue weighted by Crippen LogP contribution is -2.52. The molecule has 1 aliphatic rings. The van der Waals surface area contributed by atoms with Gasteiger partial charge >= 0.3 is 0 Å². The van der Waals surface area contributed by atoms with Crippen molar-refractivity contribution >= 4 is 11.9 Å². The highest BCUT2D eigenvalue weighted by molar-refractivity contribution is 5.94. The third-order valence-electron chi connectivity index (χ3n) is 5.04. The van der Waals surface area contributed by atoms with Crippen LogP contribution in [0.3, 0.4) is 0 Å². The summed E-state index contributed by atoms with van der Waals surface area (Å²) in [5.41, 5.74) is 2.83. The summed E-state index contributed by atoms with van der Waals surface area (Å²) in [6.45, 7) is 5.35. The van der Waals surface area contributed by atoms with Crippen molar-refractivity contribution < 1.29 is 9.32 Å². The number of hydrogen-bond acceptors (Lipinski definition) is 5. The number of nitrogens with zero attached hydrogens (tertiary/aromatic N) is 5. The highest BCUT2D eigenvalue weighted by atomic mass is 16.5. The number of benzene rings is 1.